The molecule has 0 spiro atoms. The minimum Gasteiger partial charge on any atom is -0.475 e. The quantitative estimate of drug-likeness (QED) is 0.361. The topological polar surface area (TPSA) is 102 Å². The Morgan fingerprint density at radius 2 is 1.97 bits per heavy atom. The number of carbonyl (C=O) groups excluding carboxylic acids is 1. The van der Waals surface area contributed by atoms with Gasteiger partial charge in [-0.15, -0.1) is 0 Å². The van der Waals surface area contributed by atoms with E-state index in [0.717, 1.165) is 31.9 Å². The van der Waals surface area contributed by atoms with Gasteiger partial charge in [-0.25, -0.2) is 19.2 Å². The van der Waals surface area contributed by atoms with Crippen molar-refractivity contribution in [2.24, 2.45) is 0 Å². The number of hydrogen-bond donors (Lipinski definition) is 1. The highest BCUT2D eigenvalue weighted by Gasteiger charge is 2.28. The lowest BCUT2D eigenvalue weighted by Gasteiger charge is -2.34. The molecule has 1 amide bonds. The molecule has 0 unspecified atom stereocenters. The van der Waals surface area contributed by atoms with Crippen molar-refractivity contribution in [1.29, 1.82) is 0 Å². The molecule has 0 aliphatic carbocycles. The summed E-state index contributed by atoms with van der Waals surface area (Å²) in [5, 5.41) is 8.91. The molecule has 0 fully saturated rings. The van der Waals surface area contributed by atoms with Crippen molar-refractivity contribution in [2.45, 2.75) is 71.9 Å². The van der Waals surface area contributed by atoms with E-state index < -0.39 is 23.6 Å². The molecule has 0 radical (unpaired) electrons. The van der Waals surface area contributed by atoms with Gasteiger partial charge in [0, 0.05) is 42.8 Å². The summed E-state index contributed by atoms with van der Waals surface area (Å²) in [5.74, 6) is -0.246. The number of fused-ring (bicyclic) bond motifs is 1. The summed E-state index contributed by atoms with van der Waals surface area (Å²) in [7, 11) is 0. The predicted molar refractivity (Wildman–Crippen MR) is 134 cm³/mol. The average Bonchev–Trinajstić information content (AvgIpc) is 3.30. The molecule has 3 heterocycles. The number of carbonyl (C=O) groups is 1. The van der Waals surface area contributed by atoms with Gasteiger partial charge < -0.3 is 23.9 Å². The maximum Gasteiger partial charge on any atom is 0.410 e. The number of hydrogen-bond acceptors (Lipinski definition) is 7. The third kappa shape index (κ3) is 6.69. The van der Waals surface area contributed by atoms with Crippen LogP contribution < -0.4 is 4.74 Å². The molecule has 0 aliphatic heterocycles. The largest absolute Gasteiger partial charge is 0.475 e. The summed E-state index contributed by atoms with van der Waals surface area (Å²) in [4.78, 5) is 27.3. The molecule has 10 heteroatoms. The second-order valence-electron chi connectivity index (χ2n) is 9.61. The van der Waals surface area contributed by atoms with E-state index in [9.17, 15) is 9.18 Å². The normalized spacial score (nSPS) is 12.5. The average molecular weight is 502 g/mol. The van der Waals surface area contributed by atoms with Crippen molar-refractivity contribution in [3.05, 3.63) is 42.4 Å². The highest BCUT2D eigenvalue weighted by molar-refractivity contribution is 5.69. The zero-order valence-electron chi connectivity index (χ0n) is 21.7. The Balaban J connectivity index is 1.83. The number of rotatable bonds is 11. The van der Waals surface area contributed by atoms with Gasteiger partial charge in [0.25, 0.3) is 5.88 Å². The smallest absolute Gasteiger partial charge is 0.410 e. The Morgan fingerprint density at radius 1 is 1.22 bits per heavy atom. The van der Waals surface area contributed by atoms with Gasteiger partial charge in [0.1, 0.15) is 6.10 Å². The monoisotopic (exact) mass is 501 g/mol. The minimum absolute atomic E-state index is 0.184. The molecule has 0 saturated carbocycles. The Morgan fingerprint density at radius 3 is 2.67 bits per heavy atom. The van der Waals surface area contributed by atoms with Gasteiger partial charge in [-0.1, -0.05) is 6.42 Å². The Labute approximate surface area is 211 Å². The number of aliphatic hydroxyl groups excluding tert-OH is 1. The Kier molecular flexibility index (Phi) is 9.19. The second-order valence-corrected chi connectivity index (χ2v) is 9.61. The molecule has 1 atom stereocenters. The first kappa shape index (κ1) is 27.3. The number of halogens is 1. The number of aliphatic hydroxyl groups is 1. The number of aromatic nitrogens is 4. The van der Waals surface area contributed by atoms with Crippen molar-refractivity contribution < 1.29 is 23.8 Å². The first-order valence-electron chi connectivity index (χ1n) is 12.4. The van der Waals surface area contributed by atoms with Crippen molar-refractivity contribution in [3.63, 3.8) is 0 Å². The Hall–Kier alpha value is -3.27. The van der Waals surface area contributed by atoms with Crippen LogP contribution in [0.5, 0.6) is 5.88 Å². The van der Waals surface area contributed by atoms with Crippen LogP contribution in [0.2, 0.25) is 0 Å². The number of unbranched alkanes of at least 4 members (excludes halogenated alkanes) is 3. The molecule has 3 aromatic heterocycles. The van der Waals surface area contributed by atoms with E-state index in [1.807, 2.05) is 27.7 Å². The van der Waals surface area contributed by atoms with Crippen LogP contribution in [0.15, 0.2) is 30.9 Å². The van der Waals surface area contributed by atoms with Gasteiger partial charge in [-0.05, 0) is 59.9 Å². The second kappa shape index (κ2) is 12.1. The maximum absolute atomic E-state index is 14.9. The van der Waals surface area contributed by atoms with E-state index in [0.29, 0.717) is 36.1 Å². The molecule has 1 N–H and O–H groups in total. The van der Waals surface area contributed by atoms with Gasteiger partial charge in [-0.2, -0.15) is 0 Å². The number of amides is 1. The highest BCUT2D eigenvalue weighted by Crippen LogP contribution is 2.28. The lowest BCUT2D eigenvalue weighted by atomic mass is 10.1. The molecule has 3 aromatic rings. The molecule has 0 aliphatic rings. The lowest BCUT2D eigenvalue weighted by Crippen LogP contribution is -2.45. The fraction of sp³-hybridized carbons (Fsp3) is 0.538. The minimum atomic E-state index is -0.695. The van der Waals surface area contributed by atoms with Crippen molar-refractivity contribution in [2.75, 3.05) is 19.8 Å². The third-order valence-electron chi connectivity index (χ3n) is 5.83. The Bertz CT molecular complexity index is 1160. The first-order valence-corrected chi connectivity index (χ1v) is 12.4. The highest BCUT2D eigenvalue weighted by atomic mass is 19.1. The van der Waals surface area contributed by atoms with Crippen LogP contribution in [0.25, 0.3) is 16.9 Å². The number of ether oxygens (including phenoxy) is 2. The summed E-state index contributed by atoms with van der Waals surface area (Å²) in [6.45, 7) is 10.5. The lowest BCUT2D eigenvalue weighted by molar-refractivity contribution is 0.0433. The van der Waals surface area contributed by atoms with Crippen LogP contribution in [0.1, 0.15) is 72.1 Å². The molecule has 3 rings (SSSR count). The predicted octanol–water partition coefficient (Wildman–Crippen LogP) is 5.18. The molecule has 0 aromatic carbocycles. The number of pyridine rings is 1. The van der Waals surface area contributed by atoms with Crippen LogP contribution in [-0.4, -0.2) is 60.7 Å². The molecule has 9 nitrogen and oxygen atoms in total. The van der Waals surface area contributed by atoms with Crippen LogP contribution in [0.3, 0.4) is 0 Å². The summed E-state index contributed by atoms with van der Waals surface area (Å²) in [6, 6.07) is 1.55. The first-order chi connectivity index (χ1) is 17.2. The summed E-state index contributed by atoms with van der Waals surface area (Å²) >= 11 is 0. The van der Waals surface area contributed by atoms with E-state index in [2.05, 4.69) is 15.0 Å². The SMILES string of the molecule is CCN(C(=O)O[C@H](C)c1cc(-c2cn3ccnc3c(OCCCCCCO)n2)c(F)cn1)C(C)(C)C. The fourth-order valence-electron chi connectivity index (χ4n) is 3.89. The summed E-state index contributed by atoms with van der Waals surface area (Å²) in [5.41, 5.74) is 1.11. The van der Waals surface area contributed by atoms with E-state index in [1.165, 1.54) is 0 Å². The van der Waals surface area contributed by atoms with Crippen molar-refractivity contribution in [1.82, 2.24) is 24.3 Å². The number of imidazole rings is 1. The van der Waals surface area contributed by atoms with Gasteiger partial charge in [0.15, 0.2) is 5.82 Å². The van der Waals surface area contributed by atoms with Crippen LogP contribution in [0, 0.1) is 5.82 Å². The van der Waals surface area contributed by atoms with Gasteiger partial charge in [0.2, 0.25) is 5.65 Å². The van der Waals surface area contributed by atoms with Crippen LogP contribution in [0.4, 0.5) is 9.18 Å². The van der Waals surface area contributed by atoms with Crippen LogP contribution in [-0.2, 0) is 4.74 Å². The van der Waals surface area contributed by atoms with Gasteiger partial charge in [-0.3, -0.25) is 4.98 Å². The third-order valence-corrected chi connectivity index (χ3v) is 5.83. The van der Waals surface area contributed by atoms with E-state index in [4.69, 9.17) is 14.6 Å². The molecule has 0 bridgehead atoms. The number of nitrogens with zero attached hydrogens (tertiary/aromatic N) is 5. The standard InChI is InChI=1S/C26H36FN5O4/c1-6-32(26(3,4)5)25(34)36-18(2)21-15-19(20(27)16-29-21)22-17-31-12-11-28-23(31)24(30-22)35-14-10-8-7-9-13-33/h11-12,15-18,33H,6-10,13-14H2,1-5H3/t18-/m1/s1. The molecular formula is C26H36FN5O4. The summed E-state index contributed by atoms with van der Waals surface area (Å²) < 4.78 is 28.2. The summed E-state index contributed by atoms with van der Waals surface area (Å²) in [6.07, 6.45) is 8.41. The molecular weight excluding hydrogens is 465 g/mol. The molecule has 196 valence electrons. The fourth-order valence-corrected chi connectivity index (χ4v) is 3.89. The van der Waals surface area contributed by atoms with Gasteiger partial charge in [0.05, 0.1) is 24.2 Å². The van der Waals surface area contributed by atoms with Crippen LogP contribution >= 0.6 is 0 Å². The van der Waals surface area contributed by atoms with E-state index in [1.54, 1.807) is 40.9 Å². The zero-order chi connectivity index (χ0) is 26.3. The van der Waals surface area contributed by atoms with E-state index >= 15 is 0 Å². The maximum atomic E-state index is 14.9. The van der Waals surface area contributed by atoms with E-state index in [-0.39, 0.29) is 12.2 Å². The molecule has 0 saturated heterocycles. The molecule has 36 heavy (non-hydrogen) atoms. The van der Waals surface area contributed by atoms with Crippen molar-refractivity contribution >= 4 is 11.7 Å². The van der Waals surface area contributed by atoms with Crippen molar-refractivity contribution in [3.8, 4) is 17.1 Å². The zero-order valence-corrected chi connectivity index (χ0v) is 21.7. The van der Waals surface area contributed by atoms with Gasteiger partial charge >= 0.3 is 6.09 Å².